The zero-order valence-corrected chi connectivity index (χ0v) is 11.6. The fourth-order valence-corrected chi connectivity index (χ4v) is 3.73. The summed E-state index contributed by atoms with van der Waals surface area (Å²) in [7, 11) is 0. The Balaban J connectivity index is 2.01. The normalized spacial score (nSPS) is 27.8. The van der Waals surface area contributed by atoms with Gasteiger partial charge in [0.1, 0.15) is 0 Å². The molecule has 0 aliphatic heterocycles. The second-order valence-corrected chi connectivity index (χ2v) is 6.41. The molecular weight excluding hydrogens is 248 g/mol. The average molecular weight is 268 g/mol. The Morgan fingerprint density at radius 1 is 1.72 bits per heavy atom. The number of nitrogens with two attached hydrogens (primary N) is 1. The molecule has 0 saturated heterocycles. The van der Waals surface area contributed by atoms with E-state index in [-0.39, 0.29) is 11.9 Å². The van der Waals surface area contributed by atoms with Gasteiger partial charge in [0.25, 0.3) is 0 Å². The summed E-state index contributed by atoms with van der Waals surface area (Å²) >= 11 is 1.69. The van der Waals surface area contributed by atoms with Crippen molar-refractivity contribution in [3.8, 4) is 0 Å². The molecule has 1 aliphatic carbocycles. The van der Waals surface area contributed by atoms with Crippen molar-refractivity contribution in [2.75, 3.05) is 0 Å². The Morgan fingerprint density at radius 2 is 2.50 bits per heavy atom. The first-order valence-electron chi connectivity index (χ1n) is 6.25. The summed E-state index contributed by atoms with van der Waals surface area (Å²) in [5.74, 6) is -0.237. The van der Waals surface area contributed by atoms with Gasteiger partial charge in [-0.3, -0.25) is 4.79 Å². The summed E-state index contributed by atoms with van der Waals surface area (Å²) in [6, 6.07) is 0.255. The maximum atomic E-state index is 11.7. The number of nitrogens with zero attached hydrogens (tertiary/aromatic N) is 1. The maximum Gasteiger partial charge on any atom is 0.237 e. The molecule has 1 heterocycles. The molecule has 0 spiro atoms. The number of thioether (sulfide) groups is 1. The highest BCUT2D eigenvalue weighted by Gasteiger charge is 2.44. The van der Waals surface area contributed by atoms with Crippen LogP contribution in [0.2, 0.25) is 0 Å². The van der Waals surface area contributed by atoms with Crippen molar-refractivity contribution in [3.63, 3.8) is 0 Å². The quantitative estimate of drug-likeness (QED) is 0.751. The fourth-order valence-electron chi connectivity index (χ4n) is 2.55. The molecule has 100 valence electrons. The van der Waals surface area contributed by atoms with Crippen molar-refractivity contribution in [1.29, 1.82) is 0 Å². The fraction of sp³-hybridized carbons (Fsp3) is 0.667. The van der Waals surface area contributed by atoms with Gasteiger partial charge in [0.05, 0.1) is 5.54 Å². The lowest BCUT2D eigenvalue weighted by atomic mass is 9.96. The number of nitrogens with one attached hydrogen (secondary N) is 2. The van der Waals surface area contributed by atoms with Gasteiger partial charge in [-0.05, 0) is 33.1 Å². The van der Waals surface area contributed by atoms with E-state index < -0.39 is 5.54 Å². The van der Waals surface area contributed by atoms with Crippen molar-refractivity contribution < 1.29 is 4.79 Å². The third-order valence-electron chi connectivity index (χ3n) is 3.26. The molecule has 4 N–H and O–H groups in total. The van der Waals surface area contributed by atoms with Crippen LogP contribution in [-0.2, 0) is 4.79 Å². The highest BCUT2D eigenvalue weighted by Crippen LogP contribution is 2.39. The first-order chi connectivity index (χ1) is 8.52. The minimum atomic E-state index is -0.543. The third kappa shape index (κ3) is 2.87. The number of hydrogen-bond acceptors (Lipinski definition) is 4. The number of imidazole rings is 1. The zero-order chi connectivity index (χ0) is 13.2. The van der Waals surface area contributed by atoms with Crippen LogP contribution in [0.15, 0.2) is 17.6 Å². The Morgan fingerprint density at radius 3 is 3.06 bits per heavy atom. The Labute approximate surface area is 111 Å². The van der Waals surface area contributed by atoms with Crippen molar-refractivity contribution in [1.82, 2.24) is 15.3 Å². The molecule has 6 heteroatoms. The minimum absolute atomic E-state index is 0.237. The first-order valence-corrected chi connectivity index (χ1v) is 7.13. The number of aromatic amines is 1. The van der Waals surface area contributed by atoms with E-state index in [1.54, 1.807) is 18.0 Å². The van der Waals surface area contributed by atoms with E-state index in [0.717, 1.165) is 24.4 Å². The van der Waals surface area contributed by atoms with Crippen LogP contribution in [-0.4, -0.2) is 32.7 Å². The Kier molecular flexibility index (Phi) is 3.97. The van der Waals surface area contributed by atoms with Crippen molar-refractivity contribution in [3.05, 3.63) is 12.4 Å². The van der Waals surface area contributed by atoms with E-state index in [1.807, 2.05) is 20.0 Å². The highest BCUT2D eigenvalue weighted by atomic mass is 32.2. The number of aromatic nitrogens is 2. The predicted molar refractivity (Wildman–Crippen MR) is 72.3 cm³/mol. The van der Waals surface area contributed by atoms with Gasteiger partial charge in [-0.25, -0.2) is 4.98 Å². The molecule has 2 atom stereocenters. The van der Waals surface area contributed by atoms with Crippen LogP contribution in [0.3, 0.4) is 0 Å². The number of amides is 1. The number of H-pyrrole nitrogens is 1. The molecule has 1 aliphatic rings. The average Bonchev–Trinajstić information content (AvgIpc) is 2.89. The molecule has 1 saturated carbocycles. The summed E-state index contributed by atoms with van der Waals surface area (Å²) < 4.78 is 0. The molecule has 18 heavy (non-hydrogen) atoms. The van der Waals surface area contributed by atoms with Gasteiger partial charge in [0, 0.05) is 23.7 Å². The lowest BCUT2D eigenvalue weighted by molar-refractivity contribution is -0.124. The van der Waals surface area contributed by atoms with E-state index in [9.17, 15) is 4.79 Å². The standard InChI is InChI=1S/C12H20N4OS/c1-8(2)16-12(10(13)17)4-3-9(7-12)18-11-14-5-6-15-11/h5-6,8-9,16H,3-4,7H2,1-2H3,(H2,13,17)(H,14,15). The van der Waals surface area contributed by atoms with Crippen LogP contribution in [0.5, 0.6) is 0 Å². The smallest absolute Gasteiger partial charge is 0.237 e. The second-order valence-electron chi connectivity index (χ2n) is 5.12. The summed E-state index contributed by atoms with van der Waals surface area (Å²) in [4.78, 5) is 19.0. The van der Waals surface area contributed by atoms with Crippen molar-refractivity contribution >= 4 is 17.7 Å². The lowest BCUT2D eigenvalue weighted by Crippen LogP contribution is -2.56. The molecule has 0 bridgehead atoms. The number of carbonyl (C=O) groups excluding carboxylic acids is 1. The van der Waals surface area contributed by atoms with Gasteiger partial charge in [-0.2, -0.15) is 0 Å². The number of hydrogen-bond donors (Lipinski definition) is 3. The summed E-state index contributed by atoms with van der Waals surface area (Å²) in [6.45, 7) is 4.08. The SMILES string of the molecule is CC(C)NC1(C(N)=O)CCC(Sc2ncc[nH]2)C1. The number of primary amides is 1. The summed E-state index contributed by atoms with van der Waals surface area (Å²) in [6.07, 6.45) is 6.11. The Hall–Kier alpha value is -1.01. The summed E-state index contributed by atoms with van der Waals surface area (Å²) in [5, 5.41) is 4.64. The molecule has 0 radical (unpaired) electrons. The van der Waals surface area contributed by atoms with Gasteiger partial charge in [0.15, 0.2) is 5.16 Å². The molecule has 2 rings (SSSR count). The van der Waals surface area contributed by atoms with Crippen LogP contribution in [0.25, 0.3) is 0 Å². The summed E-state index contributed by atoms with van der Waals surface area (Å²) in [5.41, 5.74) is 5.04. The van der Waals surface area contributed by atoms with E-state index in [1.165, 1.54) is 0 Å². The molecule has 1 amide bonds. The van der Waals surface area contributed by atoms with Crippen LogP contribution < -0.4 is 11.1 Å². The molecule has 5 nitrogen and oxygen atoms in total. The highest BCUT2D eigenvalue weighted by molar-refractivity contribution is 7.99. The molecule has 1 aromatic heterocycles. The third-order valence-corrected chi connectivity index (χ3v) is 4.44. The van der Waals surface area contributed by atoms with Gasteiger partial charge in [0.2, 0.25) is 5.91 Å². The van der Waals surface area contributed by atoms with Crippen LogP contribution >= 0.6 is 11.8 Å². The van der Waals surface area contributed by atoms with E-state index in [0.29, 0.717) is 5.25 Å². The van der Waals surface area contributed by atoms with E-state index in [4.69, 9.17) is 5.73 Å². The van der Waals surface area contributed by atoms with Crippen molar-refractivity contribution in [2.24, 2.45) is 5.73 Å². The van der Waals surface area contributed by atoms with Crippen molar-refractivity contribution in [2.45, 2.75) is 55.1 Å². The predicted octanol–water partition coefficient (Wildman–Crippen LogP) is 1.28. The second kappa shape index (κ2) is 5.32. The van der Waals surface area contributed by atoms with Crippen LogP contribution in [0.4, 0.5) is 0 Å². The minimum Gasteiger partial charge on any atom is -0.368 e. The number of carbonyl (C=O) groups is 1. The van der Waals surface area contributed by atoms with E-state index >= 15 is 0 Å². The van der Waals surface area contributed by atoms with Gasteiger partial charge >= 0.3 is 0 Å². The van der Waals surface area contributed by atoms with E-state index in [2.05, 4.69) is 15.3 Å². The topological polar surface area (TPSA) is 83.8 Å². The molecule has 1 aromatic rings. The molecule has 0 aromatic carbocycles. The van der Waals surface area contributed by atoms with Gasteiger partial charge < -0.3 is 16.0 Å². The molecule has 1 fully saturated rings. The van der Waals surface area contributed by atoms with Gasteiger partial charge in [-0.1, -0.05) is 11.8 Å². The van der Waals surface area contributed by atoms with Gasteiger partial charge in [-0.15, -0.1) is 0 Å². The molecular formula is C12H20N4OS. The monoisotopic (exact) mass is 268 g/mol. The molecule has 2 unspecified atom stereocenters. The zero-order valence-electron chi connectivity index (χ0n) is 10.8. The largest absolute Gasteiger partial charge is 0.368 e. The van der Waals surface area contributed by atoms with Crippen LogP contribution in [0, 0.1) is 0 Å². The van der Waals surface area contributed by atoms with Crippen LogP contribution in [0.1, 0.15) is 33.1 Å². The first kappa shape index (κ1) is 13.4. The Bertz CT molecular complexity index is 406. The maximum absolute atomic E-state index is 11.7. The number of rotatable bonds is 5. The lowest BCUT2D eigenvalue weighted by Gasteiger charge is -2.29.